The first-order valence-corrected chi connectivity index (χ1v) is 14.2. The highest BCUT2D eigenvalue weighted by atomic mass is 35.5. The zero-order valence-electron chi connectivity index (χ0n) is 24.2. The molecule has 0 spiro atoms. The van der Waals surface area contributed by atoms with Gasteiger partial charge in [0.15, 0.2) is 5.82 Å². The van der Waals surface area contributed by atoms with Crippen LogP contribution < -0.4 is 9.64 Å². The van der Waals surface area contributed by atoms with E-state index in [9.17, 15) is 4.79 Å². The van der Waals surface area contributed by atoms with Crippen molar-refractivity contribution in [3.05, 3.63) is 82.8 Å². The minimum absolute atomic E-state index is 0.0330. The Hall–Kier alpha value is -4.70. The van der Waals surface area contributed by atoms with Gasteiger partial charge in [-0.3, -0.25) is 9.78 Å². The van der Waals surface area contributed by atoms with Crippen LogP contribution in [0.3, 0.4) is 0 Å². The van der Waals surface area contributed by atoms with Crippen molar-refractivity contribution >= 4 is 51.1 Å². The van der Waals surface area contributed by atoms with E-state index in [1.807, 2.05) is 56.1 Å². The van der Waals surface area contributed by atoms with Crippen LogP contribution in [0.5, 0.6) is 6.01 Å². The molecule has 3 aromatic heterocycles. The van der Waals surface area contributed by atoms with Crippen LogP contribution >= 0.6 is 11.6 Å². The Morgan fingerprint density at radius 3 is 2.70 bits per heavy atom. The molecule has 1 aliphatic rings. The number of ether oxygens (including phenoxy) is 1. The quantitative estimate of drug-likeness (QED) is 0.226. The Kier molecular flexibility index (Phi) is 7.62. The fourth-order valence-corrected chi connectivity index (χ4v) is 5.87. The number of likely N-dealkylation sites (N-methyl/N-ethyl adjacent to an activating group) is 1. The van der Waals surface area contributed by atoms with E-state index in [4.69, 9.17) is 16.3 Å². The van der Waals surface area contributed by atoms with Gasteiger partial charge in [-0.05, 0) is 43.9 Å². The number of carbonyl (C=O) groups is 1. The molecule has 0 bridgehead atoms. The molecule has 1 saturated heterocycles. The van der Waals surface area contributed by atoms with E-state index >= 15 is 4.39 Å². The van der Waals surface area contributed by atoms with E-state index in [-0.39, 0.29) is 29.2 Å². The number of rotatable bonds is 6. The Labute approximate surface area is 253 Å². The summed E-state index contributed by atoms with van der Waals surface area (Å²) in [6, 6.07) is 12.9. The number of likely N-dealkylation sites (tertiary alicyclic amines) is 1. The SMILES string of the molecule is COc1nc(N(C)C2CCN(C(=O)/C=C/c3cc(C)nc(C)n3)C2)c2cnc(-c3cccc4cccc(Cl)c34)c(F)c2n1. The van der Waals surface area contributed by atoms with Gasteiger partial charge in [0.1, 0.15) is 22.9 Å². The lowest BCUT2D eigenvalue weighted by Gasteiger charge is -2.27. The summed E-state index contributed by atoms with van der Waals surface area (Å²) in [5.74, 6) is 0.420. The third-order valence-corrected chi connectivity index (χ3v) is 7.99. The van der Waals surface area contributed by atoms with Crippen LogP contribution in [-0.2, 0) is 4.79 Å². The van der Waals surface area contributed by atoms with Crippen LogP contribution in [-0.4, -0.2) is 69.0 Å². The molecule has 1 fully saturated rings. The first kappa shape index (κ1) is 28.4. The molecule has 0 N–H and O–H groups in total. The van der Waals surface area contributed by atoms with Gasteiger partial charge in [-0.1, -0.05) is 41.9 Å². The maximum Gasteiger partial charge on any atom is 0.318 e. The summed E-state index contributed by atoms with van der Waals surface area (Å²) >= 11 is 6.53. The molecule has 0 aliphatic carbocycles. The van der Waals surface area contributed by atoms with Crippen molar-refractivity contribution in [2.75, 3.05) is 32.1 Å². The Morgan fingerprint density at radius 2 is 1.93 bits per heavy atom. The molecular formula is C32H29ClFN7O2. The van der Waals surface area contributed by atoms with Crippen molar-refractivity contribution in [3.63, 3.8) is 0 Å². The summed E-state index contributed by atoms with van der Waals surface area (Å²) in [4.78, 5) is 38.8. The van der Waals surface area contributed by atoms with Crippen LogP contribution in [0.1, 0.15) is 23.6 Å². The minimum atomic E-state index is -0.594. The van der Waals surface area contributed by atoms with E-state index in [0.29, 0.717) is 58.2 Å². The Bertz CT molecular complexity index is 1890. The number of nitrogens with zero attached hydrogens (tertiary/aromatic N) is 7. The van der Waals surface area contributed by atoms with Crippen LogP contribution in [0.4, 0.5) is 10.2 Å². The number of benzene rings is 2. The number of hydrogen-bond acceptors (Lipinski definition) is 8. The maximum atomic E-state index is 16.3. The molecule has 9 nitrogen and oxygen atoms in total. The lowest BCUT2D eigenvalue weighted by atomic mass is 10.0. The highest BCUT2D eigenvalue weighted by molar-refractivity contribution is 6.36. The lowest BCUT2D eigenvalue weighted by molar-refractivity contribution is -0.124. The van der Waals surface area contributed by atoms with Crippen molar-refractivity contribution in [2.45, 2.75) is 26.3 Å². The highest BCUT2D eigenvalue weighted by Gasteiger charge is 2.30. The molecule has 4 heterocycles. The number of pyridine rings is 1. The summed E-state index contributed by atoms with van der Waals surface area (Å²) in [6.07, 6.45) is 5.53. The van der Waals surface area contributed by atoms with Gasteiger partial charge in [-0.25, -0.2) is 14.4 Å². The molecule has 11 heteroatoms. The summed E-state index contributed by atoms with van der Waals surface area (Å²) in [5, 5.41) is 2.54. The van der Waals surface area contributed by atoms with Gasteiger partial charge in [0.05, 0.1) is 18.2 Å². The summed E-state index contributed by atoms with van der Waals surface area (Å²) in [6.45, 7) is 4.75. The molecule has 2 aromatic carbocycles. The zero-order chi connectivity index (χ0) is 30.2. The van der Waals surface area contributed by atoms with E-state index < -0.39 is 5.82 Å². The monoisotopic (exact) mass is 597 g/mol. The molecule has 5 aromatic rings. The number of halogens is 2. The second kappa shape index (κ2) is 11.5. The van der Waals surface area contributed by atoms with Gasteiger partial charge in [-0.15, -0.1) is 0 Å². The molecular weight excluding hydrogens is 569 g/mol. The Balaban J connectivity index is 1.30. The number of hydrogen-bond donors (Lipinski definition) is 0. The number of carbonyl (C=O) groups excluding carboxylic acids is 1. The number of aryl methyl sites for hydroxylation is 2. The fourth-order valence-electron chi connectivity index (χ4n) is 5.59. The third kappa shape index (κ3) is 5.46. The van der Waals surface area contributed by atoms with Crippen LogP contribution in [0.25, 0.3) is 39.0 Å². The molecule has 6 rings (SSSR count). The molecule has 218 valence electrons. The number of amides is 1. The molecule has 43 heavy (non-hydrogen) atoms. The van der Waals surface area contributed by atoms with Gasteiger partial charge < -0.3 is 14.5 Å². The van der Waals surface area contributed by atoms with E-state index in [0.717, 1.165) is 11.1 Å². The number of fused-ring (bicyclic) bond motifs is 2. The van der Waals surface area contributed by atoms with Gasteiger partial charge in [0.2, 0.25) is 5.91 Å². The molecule has 1 unspecified atom stereocenters. The molecule has 0 saturated carbocycles. The van der Waals surface area contributed by atoms with Crippen molar-refractivity contribution in [1.82, 2.24) is 29.8 Å². The minimum Gasteiger partial charge on any atom is -0.467 e. The van der Waals surface area contributed by atoms with Gasteiger partial charge in [0.25, 0.3) is 0 Å². The smallest absolute Gasteiger partial charge is 0.318 e. The number of anilines is 1. The average molecular weight is 598 g/mol. The second-order valence-corrected chi connectivity index (χ2v) is 10.9. The lowest BCUT2D eigenvalue weighted by Crippen LogP contribution is -2.36. The predicted molar refractivity (Wildman–Crippen MR) is 166 cm³/mol. The normalized spacial score (nSPS) is 15.1. The van der Waals surface area contributed by atoms with E-state index in [1.165, 1.54) is 13.2 Å². The molecule has 0 radical (unpaired) electrons. The molecule has 1 amide bonds. The maximum absolute atomic E-state index is 16.3. The summed E-state index contributed by atoms with van der Waals surface area (Å²) in [7, 11) is 3.32. The van der Waals surface area contributed by atoms with Crippen LogP contribution in [0.15, 0.2) is 54.7 Å². The summed E-state index contributed by atoms with van der Waals surface area (Å²) < 4.78 is 21.6. The molecule has 1 aliphatic heterocycles. The zero-order valence-corrected chi connectivity index (χ0v) is 24.9. The van der Waals surface area contributed by atoms with E-state index in [2.05, 4.69) is 24.9 Å². The van der Waals surface area contributed by atoms with Gasteiger partial charge >= 0.3 is 6.01 Å². The van der Waals surface area contributed by atoms with Crippen molar-refractivity contribution < 1.29 is 13.9 Å². The van der Waals surface area contributed by atoms with Gasteiger partial charge in [-0.2, -0.15) is 9.97 Å². The van der Waals surface area contributed by atoms with Crippen molar-refractivity contribution in [2.24, 2.45) is 0 Å². The second-order valence-electron chi connectivity index (χ2n) is 10.5. The van der Waals surface area contributed by atoms with Crippen molar-refractivity contribution in [1.29, 1.82) is 0 Å². The highest BCUT2D eigenvalue weighted by Crippen LogP contribution is 2.37. The fraction of sp³-hybridized carbons (Fsp3) is 0.250. The third-order valence-electron chi connectivity index (χ3n) is 7.67. The van der Waals surface area contributed by atoms with E-state index in [1.54, 1.807) is 29.3 Å². The predicted octanol–water partition coefficient (Wildman–Crippen LogP) is 5.80. The first-order valence-electron chi connectivity index (χ1n) is 13.8. The largest absolute Gasteiger partial charge is 0.467 e. The number of methoxy groups -OCH3 is 1. The van der Waals surface area contributed by atoms with Crippen molar-refractivity contribution in [3.8, 4) is 17.3 Å². The topological polar surface area (TPSA) is 97.2 Å². The van der Waals surface area contributed by atoms with Crippen LogP contribution in [0, 0.1) is 19.7 Å². The van der Waals surface area contributed by atoms with Gasteiger partial charge in [0, 0.05) is 60.1 Å². The first-order chi connectivity index (χ1) is 20.7. The molecule has 1 atom stereocenters. The average Bonchev–Trinajstić information content (AvgIpc) is 3.49. The Morgan fingerprint density at radius 1 is 1.14 bits per heavy atom. The van der Waals surface area contributed by atoms with Crippen LogP contribution in [0.2, 0.25) is 5.02 Å². The number of aromatic nitrogens is 5. The summed E-state index contributed by atoms with van der Waals surface area (Å²) in [5.41, 5.74) is 2.32. The standard InChI is InChI=1S/C32H29ClFN7O2/c1-18-15-21(37-19(2)36-18)11-12-26(42)41-14-13-22(17-41)40(3)31-24-16-35-29(28(34)30(24)38-32(39-31)43-4)23-9-5-7-20-8-6-10-25(33)27(20)23/h5-12,15-16,22H,13-14,17H2,1-4H3/b12-11+.